The molecule has 0 radical (unpaired) electrons. The van der Waals surface area contributed by atoms with E-state index in [1.807, 2.05) is 0 Å². The first-order valence-corrected chi connectivity index (χ1v) is 9.07. The van der Waals surface area contributed by atoms with E-state index in [2.05, 4.69) is 10.0 Å². The van der Waals surface area contributed by atoms with Crippen LogP contribution in [-0.4, -0.2) is 43.2 Å². The molecule has 1 rings (SSSR count). The third-order valence-electron chi connectivity index (χ3n) is 2.29. The van der Waals surface area contributed by atoms with Crippen molar-refractivity contribution in [1.29, 1.82) is 0 Å². The third-order valence-corrected chi connectivity index (χ3v) is 5.34. The predicted molar refractivity (Wildman–Crippen MR) is 73.7 cm³/mol. The van der Waals surface area contributed by atoms with Crippen molar-refractivity contribution in [2.45, 2.75) is 9.79 Å². The number of sulfonamides is 1. The molecule has 0 aliphatic heterocycles. The molecule has 0 heterocycles. The number of likely N-dealkylation sites (N-methyl/N-ethyl adjacent to an activating group) is 1. The number of halogens is 1. The van der Waals surface area contributed by atoms with E-state index in [0.717, 1.165) is 12.3 Å². The van der Waals surface area contributed by atoms with Gasteiger partial charge in [-0.25, -0.2) is 21.6 Å². The predicted octanol–water partition coefficient (Wildman–Crippen LogP) is 0.241. The summed E-state index contributed by atoms with van der Waals surface area (Å²) in [7, 11) is -5.64. The summed E-state index contributed by atoms with van der Waals surface area (Å²) in [6.07, 6.45) is 1.00. The summed E-state index contributed by atoms with van der Waals surface area (Å²) in [6.45, 7) is 0.626. The minimum Gasteiger partial charge on any atom is -0.318 e. The number of hydrogen-bond acceptors (Lipinski definition) is 5. The number of sulfone groups is 1. The Hall–Kier alpha value is -0.670. The zero-order chi connectivity index (χ0) is 14.7. The second kappa shape index (κ2) is 6.19. The van der Waals surface area contributed by atoms with Crippen molar-refractivity contribution < 1.29 is 16.8 Å². The average molecular weight is 327 g/mol. The summed E-state index contributed by atoms with van der Waals surface area (Å²) >= 11 is 5.81. The van der Waals surface area contributed by atoms with E-state index in [9.17, 15) is 16.8 Å². The molecule has 19 heavy (non-hydrogen) atoms. The van der Waals surface area contributed by atoms with Crippen LogP contribution in [0.1, 0.15) is 0 Å². The summed E-state index contributed by atoms with van der Waals surface area (Å²) in [5, 5.41) is 2.76. The Morgan fingerprint density at radius 1 is 1.16 bits per heavy atom. The van der Waals surface area contributed by atoms with Crippen molar-refractivity contribution in [3.63, 3.8) is 0 Å². The van der Waals surface area contributed by atoms with Gasteiger partial charge in [0.15, 0.2) is 9.84 Å². The number of hydrogen-bond donors (Lipinski definition) is 2. The lowest BCUT2D eigenvalue weighted by Crippen LogP contribution is -2.30. The second-order valence-electron chi connectivity index (χ2n) is 3.87. The summed E-state index contributed by atoms with van der Waals surface area (Å²) in [4.78, 5) is -0.334. The molecule has 0 unspecified atom stereocenters. The van der Waals surface area contributed by atoms with Gasteiger partial charge >= 0.3 is 0 Å². The van der Waals surface area contributed by atoms with E-state index in [-0.39, 0.29) is 21.4 Å². The van der Waals surface area contributed by atoms with Gasteiger partial charge in [-0.05, 0) is 25.2 Å². The van der Waals surface area contributed by atoms with Crippen LogP contribution in [0.4, 0.5) is 0 Å². The maximum absolute atomic E-state index is 12.0. The Labute approximate surface area is 118 Å². The molecule has 1 aromatic carbocycles. The lowest BCUT2D eigenvalue weighted by atomic mass is 10.4. The van der Waals surface area contributed by atoms with Crippen LogP contribution in [0.3, 0.4) is 0 Å². The number of rotatable bonds is 6. The van der Waals surface area contributed by atoms with Gasteiger partial charge in [0.25, 0.3) is 0 Å². The van der Waals surface area contributed by atoms with Crippen molar-refractivity contribution in [2.75, 3.05) is 26.4 Å². The van der Waals surface area contributed by atoms with Crippen LogP contribution < -0.4 is 10.0 Å². The third kappa shape index (κ3) is 4.43. The highest BCUT2D eigenvalue weighted by molar-refractivity contribution is 7.91. The first-order chi connectivity index (χ1) is 8.68. The first-order valence-electron chi connectivity index (χ1n) is 5.32. The standard InChI is InChI=1S/C10H15ClN2O4S2/c1-12-5-6-13-19(16,17)10-7-8(18(2,14)15)3-4-9(10)11/h3-4,7,12-13H,5-6H2,1-2H3. The summed E-state index contributed by atoms with van der Waals surface area (Å²) in [5.74, 6) is 0. The maximum Gasteiger partial charge on any atom is 0.242 e. The van der Waals surface area contributed by atoms with Crippen molar-refractivity contribution >= 4 is 31.5 Å². The zero-order valence-corrected chi connectivity index (χ0v) is 12.9. The summed E-state index contributed by atoms with van der Waals surface area (Å²) in [5.41, 5.74) is 0. The van der Waals surface area contributed by atoms with Gasteiger partial charge in [-0.3, -0.25) is 0 Å². The van der Waals surface area contributed by atoms with E-state index >= 15 is 0 Å². The van der Waals surface area contributed by atoms with Crippen molar-refractivity contribution in [1.82, 2.24) is 10.0 Å². The Bertz CT molecular complexity index is 656. The molecule has 0 amide bonds. The molecule has 0 bridgehead atoms. The molecule has 1 aromatic rings. The van der Waals surface area contributed by atoms with Gasteiger partial charge in [-0.15, -0.1) is 0 Å². The highest BCUT2D eigenvalue weighted by atomic mass is 35.5. The fourth-order valence-electron chi connectivity index (χ4n) is 1.31. The van der Waals surface area contributed by atoms with Gasteiger partial charge in [0.1, 0.15) is 4.90 Å². The summed E-state index contributed by atoms with van der Waals surface area (Å²) < 4.78 is 49.1. The Balaban J connectivity index is 3.19. The van der Waals surface area contributed by atoms with Gasteiger partial charge in [0, 0.05) is 19.3 Å². The van der Waals surface area contributed by atoms with E-state index in [0.29, 0.717) is 6.54 Å². The monoisotopic (exact) mass is 326 g/mol. The van der Waals surface area contributed by atoms with Crippen molar-refractivity contribution in [2.24, 2.45) is 0 Å². The largest absolute Gasteiger partial charge is 0.318 e. The lowest BCUT2D eigenvalue weighted by molar-refractivity contribution is 0.579. The molecule has 0 aliphatic carbocycles. The van der Waals surface area contributed by atoms with Gasteiger partial charge < -0.3 is 5.32 Å². The molecule has 9 heteroatoms. The minimum absolute atomic E-state index is 0.0237. The lowest BCUT2D eigenvalue weighted by Gasteiger charge is -2.09. The van der Waals surface area contributed by atoms with E-state index in [4.69, 9.17) is 11.6 Å². The fraction of sp³-hybridized carbons (Fsp3) is 0.400. The molecule has 0 aromatic heterocycles. The molecule has 0 spiro atoms. The van der Waals surface area contributed by atoms with Crippen LogP contribution in [0.5, 0.6) is 0 Å². The smallest absolute Gasteiger partial charge is 0.242 e. The Kier molecular flexibility index (Phi) is 5.34. The van der Waals surface area contributed by atoms with Crippen LogP contribution in [-0.2, 0) is 19.9 Å². The van der Waals surface area contributed by atoms with Gasteiger partial charge in [0.2, 0.25) is 10.0 Å². The van der Waals surface area contributed by atoms with Gasteiger partial charge in [0.05, 0.1) is 9.92 Å². The Morgan fingerprint density at radius 3 is 2.32 bits per heavy atom. The highest BCUT2D eigenvalue weighted by Crippen LogP contribution is 2.24. The molecule has 0 aliphatic rings. The van der Waals surface area contributed by atoms with Gasteiger partial charge in [-0.2, -0.15) is 0 Å². The molecule has 108 valence electrons. The summed E-state index contributed by atoms with van der Waals surface area (Å²) in [6, 6.07) is 3.58. The maximum atomic E-state index is 12.0. The molecular weight excluding hydrogens is 312 g/mol. The fourth-order valence-corrected chi connectivity index (χ4v) is 3.59. The highest BCUT2D eigenvalue weighted by Gasteiger charge is 2.20. The number of nitrogens with one attached hydrogen (secondary N) is 2. The van der Waals surface area contributed by atoms with Crippen LogP contribution >= 0.6 is 11.6 Å². The molecule has 0 saturated carbocycles. The zero-order valence-electron chi connectivity index (χ0n) is 10.5. The molecule has 2 N–H and O–H groups in total. The SMILES string of the molecule is CNCCNS(=O)(=O)c1cc(S(C)(=O)=O)ccc1Cl. The minimum atomic E-state index is -3.83. The molecule has 6 nitrogen and oxygen atoms in total. The Morgan fingerprint density at radius 2 is 1.79 bits per heavy atom. The average Bonchev–Trinajstić information content (AvgIpc) is 2.27. The van der Waals surface area contributed by atoms with Crippen LogP contribution in [0.2, 0.25) is 5.02 Å². The second-order valence-corrected chi connectivity index (χ2v) is 8.02. The molecular formula is C10H15ClN2O4S2. The van der Waals surface area contributed by atoms with Crippen molar-refractivity contribution in [3.8, 4) is 0 Å². The molecule has 0 fully saturated rings. The van der Waals surface area contributed by atoms with E-state index < -0.39 is 19.9 Å². The van der Waals surface area contributed by atoms with Gasteiger partial charge in [-0.1, -0.05) is 11.6 Å². The van der Waals surface area contributed by atoms with Crippen LogP contribution in [0, 0.1) is 0 Å². The number of benzene rings is 1. The molecule has 0 saturated heterocycles. The molecule has 0 atom stereocenters. The van der Waals surface area contributed by atoms with E-state index in [1.165, 1.54) is 12.1 Å². The van der Waals surface area contributed by atoms with E-state index in [1.54, 1.807) is 7.05 Å². The van der Waals surface area contributed by atoms with Crippen LogP contribution in [0.15, 0.2) is 28.0 Å². The van der Waals surface area contributed by atoms with Crippen LogP contribution in [0.25, 0.3) is 0 Å². The first kappa shape index (κ1) is 16.4. The quantitative estimate of drug-likeness (QED) is 0.731. The normalized spacial score (nSPS) is 12.6. The topological polar surface area (TPSA) is 92.3 Å². The van der Waals surface area contributed by atoms with Crippen molar-refractivity contribution in [3.05, 3.63) is 23.2 Å².